The second-order valence-corrected chi connectivity index (χ2v) is 6.63. The number of ether oxygens (including phenoxy) is 2. The van der Waals surface area contributed by atoms with Crippen molar-refractivity contribution in [3.05, 3.63) is 29.8 Å². The molecule has 0 saturated heterocycles. The van der Waals surface area contributed by atoms with Crippen LogP contribution in [0.2, 0.25) is 0 Å². The van der Waals surface area contributed by atoms with Crippen molar-refractivity contribution in [2.24, 2.45) is 5.41 Å². The van der Waals surface area contributed by atoms with E-state index in [1.165, 1.54) is 0 Å². The Morgan fingerprint density at radius 2 is 2.12 bits per heavy atom. The third-order valence-corrected chi connectivity index (χ3v) is 4.46. The van der Waals surface area contributed by atoms with Crippen LogP contribution in [0, 0.1) is 5.41 Å². The summed E-state index contributed by atoms with van der Waals surface area (Å²) in [5, 5.41) is 2.87. The molecular weight excluding hydrogens is 304 g/mol. The Morgan fingerprint density at radius 1 is 1.33 bits per heavy atom. The van der Waals surface area contributed by atoms with Crippen molar-refractivity contribution in [1.29, 1.82) is 0 Å². The number of rotatable bonds is 11. The van der Waals surface area contributed by atoms with Crippen molar-refractivity contribution in [2.45, 2.75) is 33.3 Å². The Morgan fingerprint density at radius 3 is 2.75 bits per heavy atom. The molecule has 0 bridgehead atoms. The van der Waals surface area contributed by atoms with Gasteiger partial charge in [-0.05, 0) is 44.0 Å². The van der Waals surface area contributed by atoms with Crippen LogP contribution in [-0.2, 0) is 16.1 Å². The maximum Gasteiger partial charge on any atom is 0.234 e. The van der Waals surface area contributed by atoms with Crippen molar-refractivity contribution in [3.8, 4) is 5.75 Å². The molecule has 1 aliphatic carbocycles. The van der Waals surface area contributed by atoms with Gasteiger partial charge in [-0.1, -0.05) is 19.1 Å². The number of amides is 1. The van der Waals surface area contributed by atoms with Crippen molar-refractivity contribution in [1.82, 2.24) is 10.2 Å². The lowest BCUT2D eigenvalue weighted by Gasteiger charge is -2.26. The fraction of sp³-hybridized carbons (Fsp3) is 0.632. The SMILES string of the molecule is CCNC(=O)CN(CC)CC1(COc2cccc(COC)c2)CC1. The Bertz CT molecular complexity index is 529. The summed E-state index contributed by atoms with van der Waals surface area (Å²) in [5.41, 5.74) is 1.31. The summed E-state index contributed by atoms with van der Waals surface area (Å²) in [6.45, 7) is 8.29. The highest BCUT2D eigenvalue weighted by atomic mass is 16.5. The lowest BCUT2D eigenvalue weighted by Crippen LogP contribution is -2.41. The second kappa shape index (κ2) is 9.04. The molecule has 5 nitrogen and oxygen atoms in total. The number of methoxy groups -OCH3 is 1. The van der Waals surface area contributed by atoms with Crippen molar-refractivity contribution < 1.29 is 14.3 Å². The average Bonchev–Trinajstić information content (AvgIpc) is 3.33. The van der Waals surface area contributed by atoms with E-state index in [2.05, 4.69) is 17.1 Å². The number of nitrogens with zero attached hydrogens (tertiary/aromatic N) is 1. The van der Waals surface area contributed by atoms with Crippen LogP contribution in [0.15, 0.2) is 24.3 Å². The first-order valence-corrected chi connectivity index (χ1v) is 8.80. The van der Waals surface area contributed by atoms with Crippen LogP contribution in [0.25, 0.3) is 0 Å². The normalized spacial score (nSPS) is 15.3. The first kappa shape index (κ1) is 18.7. The molecular formula is C19H30N2O3. The summed E-state index contributed by atoms with van der Waals surface area (Å²) in [6, 6.07) is 8.05. The Hall–Kier alpha value is -1.59. The molecule has 0 aliphatic heterocycles. The largest absolute Gasteiger partial charge is 0.493 e. The van der Waals surface area contributed by atoms with E-state index >= 15 is 0 Å². The van der Waals surface area contributed by atoms with Gasteiger partial charge in [-0.2, -0.15) is 0 Å². The average molecular weight is 334 g/mol. The van der Waals surface area contributed by atoms with Gasteiger partial charge >= 0.3 is 0 Å². The first-order chi connectivity index (χ1) is 11.6. The molecule has 1 amide bonds. The molecule has 1 aromatic rings. The highest BCUT2D eigenvalue weighted by Crippen LogP contribution is 2.46. The van der Waals surface area contributed by atoms with Crippen LogP contribution >= 0.6 is 0 Å². The van der Waals surface area contributed by atoms with Crippen molar-refractivity contribution in [3.63, 3.8) is 0 Å². The number of benzene rings is 1. The van der Waals surface area contributed by atoms with Crippen LogP contribution in [0.5, 0.6) is 5.75 Å². The van der Waals surface area contributed by atoms with Crippen LogP contribution in [0.1, 0.15) is 32.3 Å². The monoisotopic (exact) mass is 334 g/mol. The van der Waals surface area contributed by atoms with E-state index in [4.69, 9.17) is 9.47 Å². The summed E-state index contributed by atoms with van der Waals surface area (Å²) in [4.78, 5) is 14.0. The summed E-state index contributed by atoms with van der Waals surface area (Å²) in [7, 11) is 1.70. The highest BCUT2D eigenvalue weighted by Gasteiger charge is 2.44. The Kier molecular flexibility index (Phi) is 7.06. The number of carbonyl (C=O) groups excluding carboxylic acids is 1. The second-order valence-electron chi connectivity index (χ2n) is 6.63. The van der Waals surface area contributed by atoms with E-state index in [0.29, 0.717) is 26.3 Å². The van der Waals surface area contributed by atoms with Gasteiger partial charge in [0, 0.05) is 25.6 Å². The van der Waals surface area contributed by atoms with Crippen LogP contribution in [0.4, 0.5) is 0 Å². The summed E-state index contributed by atoms with van der Waals surface area (Å²) in [6.07, 6.45) is 2.33. The van der Waals surface area contributed by atoms with E-state index in [9.17, 15) is 4.79 Å². The first-order valence-electron chi connectivity index (χ1n) is 8.80. The minimum absolute atomic E-state index is 0.100. The number of hydrogen-bond donors (Lipinski definition) is 1. The van der Waals surface area contributed by atoms with E-state index in [-0.39, 0.29) is 11.3 Å². The Balaban J connectivity index is 1.85. The standard InChI is InChI=1S/C19H30N2O3/c1-4-20-18(22)12-21(5-2)14-19(9-10-19)15-24-17-8-6-7-16(11-17)13-23-3/h6-8,11H,4-5,9-10,12-15H2,1-3H3,(H,20,22). The molecule has 0 heterocycles. The van der Waals surface area contributed by atoms with E-state index < -0.39 is 0 Å². The fourth-order valence-corrected chi connectivity index (χ4v) is 2.86. The van der Waals surface area contributed by atoms with Gasteiger partial charge in [0.15, 0.2) is 0 Å². The molecule has 2 rings (SSSR count). The molecule has 1 aromatic carbocycles. The van der Waals surface area contributed by atoms with Gasteiger partial charge in [0.1, 0.15) is 5.75 Å². The topological polar surface area (TPSA) is 50.8 Å². The lowest BCUT2D eigenvalue weighted by atomic mass is 10.1. The molecule has 5 heteroatoms. The summed E-state index contributed by atoms with van der Waals surface area (Å²) in [5.74, 6) is 0.992. The molecule has 1 aliphatic rings. The maximum absolute atomic E-state index is 11.8. The van der Waals surface area contributed by atoms with E-state index in [0.717, 1.165) is 37.2 Å². The van der Waals surface area contributed by atoms with Gasteiger partial charge in [-0.25, -0.2) is 0 Å². The number of carbonyl (C=O) groups is 1. The van der Waals surface area contributed by atoms with Crippen molar-refractivity contribution >= 4 is 5.91 Å². The molecule has 0 aromatic heterocycles. The van der Waals surface area contributed by atoms with E-state index in [1.807, 2.05) is 31.2 Å². The molecule has 0 radical (unpaired) electrons. The zero-order chi connectivity index (χ0) is 17.4. The van der Waals surface area contributed by atoms with Gasteiger partial charge in [0.2, 0.25) is 5.91 Å². The predicted molar refractivity (Wildman–Crippen MR) is 95.1 cm³/mol. The van der Waals surface area contributed by atoms with Gasteiger partial charge < -0.3 is 14.8 Å². The number of hydrogen-bond acceptors (Lipinski definition) is 4. The van der Waals surface area contributed by atoms with Gasteiger partial charge in [0.25, 0.3) is 0 Å². The molecule has 24 heavy (non-hydrogen) atoms. The molecule has 1 saturated carbocycles. The van der Waals surface area contributed by atoms with Crippen LogP contribution < -0.4 is 10.1 Å². The molecule has 1 N–H and O–H groups in total. The number of nitrogens with one attached hydrogen (secondary N) is 1. The summed E-state index contributed by atoms with van der Waals surface area (Å²) < 4.78 is 11.2. The third-order valence-electron chi connectivity index (χ3n) is 4.46. The predicted octanol–water partition coefficient (Wildman–Crippen LogP) is 2.45. The van der Waals surface area contributed by atoms with Gasteiger partial charge in [-0.15, -0.1) is 0 Å². The minimum Gasteiger partial charge on any atom is -0.493 e. The lowest BCUT2D eigenvalue weighted by molar-refractivity contribution is -0.122. The molecule has 0 unspecified atom stereocenters. The molecule has 134 valence electrons. The van der Waals surface area contributed by atoms with Gasteiger partial charge in [0.05, 0.1) is 19.8 Å². The summed E-state index contributed by atoms with van der Waals surface area (Å²) >= 11 is 0. The fourth-order valence-electron chi connectivity index (χ4n) is 2.86. The van der Waals surface area contributed by atoms with Crippen LogP contribution in [0.3, 0.4) is 0 Å². The maximum atomic E-state index is 11.8. The quantitative estimate of drug-likeness (QED) is 0.675. The zero-order valence-electron chi connectivity index (χ0n) is 15.1. The molecule has 0 spiro atoms. The third kappa shape index (κ3) is 5.80. The zero-order valence-corrected chi connectivity index (χ0v) is 15.1. The molecule has 1 fully saturated rings. The smallest absolute Gasteiger partial charge is 0.234 e. The Labute approximate surface area is 145 Å². The van der Waals surface area contributed by atoms with Gasteiger partial charge in [-0.3, -0.25) is 9.69 Å². The minimum atomic E-state index is 0.100. The molecule has 0 atom stereocenters. The highest BCUT2D eigenvalue weighted by molar-refractivity contribution is 5.77. The van der Waals surface area contributed by atoms with Crippen molar-refractivity contribution in [2.75, 3.05) is 39.9 Å². The van der Waals surface area contributed by atoms with E-state index in [1.54, 1.807) is 7.11 Å². The number of likely N-dealkylation sites (N-methyl/N-ethyl adjacent to an activating group) is 2. The van der Waals surface area contributed by atoms with Crippen LogP contribution in [-0.4, -0.2) is 50.7 Å².